The third-order valence-corrected chi connectivity index (χ3v) is 7.00. The normalized spacial score (nSPS) is 16.0. The molecule has 30 heavy (non-hydrogen) atoms. The number of hydrogen-bond acceptors (Lipinski definition) is 8. The summed E-state index contributed by atoms with van der Waals surface area (Å²) in [6.07, 6.45) is 1.83. The highest BCUT2D eigenvalue weighted by Gasteiger charge is 2.20. The third kappa shape index (κ3) is 4.09. The first-order valence-electron chi connectivity index (χ1n) is 10.1. The topological polar surface area (TPSA) is 63.2 Å². The molecule has 0 aliphatic carbocycles. The number of thiophene rings is 2. The minimum atomic E-state index is 0.0385. The summed E-state index contributed by atoms with van der Waals surface area (Å²) in [7, 11) is 0. The van der Waals surface area contributed by atoms with Gasteiger partial charge in [-0.2, -0.15) is 0 Å². The van der Waals surface area contributed by atoms with Crippen LogP contribution in [0.25, 0.3) is 20.7 Å². The molecule has 8 heteroatoms. The van der Waals surface area contributed by atoms with Gasteiger partial charge < -0.3 is 10.1 Å². The van der Waals surface area contributed by atoms with Crippen LogP contribution < -0.4 is 5.32 Å². The second kappa shape index (κ2) is 8.77. The van der Waals surface area contributed by atoms with Crippen molar-refractivity contribution in [3.05, 3.63) is 58.8 Å². The number of nitrogens with zero attached hydrogens (tertiary/aromatic N) is 4. The highest BCUT2D eigenvalue weighted by Crippen LogP contribution is 2.39. The van der Waals surface area contributed by atoms with E-state index in [4.69, 9.17) is 14.7 Å². The van der Waals surface area contributed by atoms with Crippen LogP contribution in [-0.2, 0) is 11.3 Å². The molecule has 0 amide bonds. The Morgan fingerprint density at radius 2 is 2.03 bits per heavy atom. The quantitative estimate of drug-likeness (QED) is 0.467. The van der Waals surface area contributed by atoms with Crippen molar-refractivity contribution < 1.29 is 4.74 Å². The van der Waals surface area contributed by atoms with Crippen LogP contribution in [0.3, 0.4) is 0 Å². The van der Waals surface area contributed by atoms with Gasteiger partial charge in [-0.15, -0.1) is 22.7 Å². The fourth-order valence-corrected chi connectivity index (χ4v) is 5.43. The molecule has 0 radical (unpaired) electrons. The van der Waals surface area contributed by atoms with Crippen molar-refractivity contribution in [2.75, 3.05) is 31.6 Å². The zero-order valence-corrected chi connectivity index (χ0v) is 18.4. The minimum Gasteiger partial charge on any atom is -0.379 e. The van der Waals surface area contributed by atoms with Gasteiger partial charge in [0.15, 0.2) is 0 Å². The number of rotatable bonds is 6. The SMILES string of the molecule is C[C@H](Nc1nc(CN2CCOCC2)nc2scc(-c3cccs3)c12)c1ccccn1. The lowest BCUT2D eigenvalue weighted by Gasteiger charge is -2.26. The lowest BCUT2D eigenvalue weighted by molar-refractivity contribution is 0.0331. The van der Waals surface area contributed by atoms with E-state index in [1.165, 1.54) is 10.4 Å². The fraction of sp³-hybridized carbons (Fsp3) is 0.318. The molecule has 4 aromatic heterocycles. The van der Waals surface area contributed by atoms with Crippen molar-refractivity contribution in [1.29, 1.82) is 0 Å². The summed E-state index contributed by atoms with van der Waals surface area (Å²) in [6.45, 7) is 6.23. The summed E-state index contributed by atoms with van der Waals surface area (Å²) in [5.41, 5.74) is 2.19. The largest absolute Gasteiger partial charge is 0.379 e. The first-order valence-corrected chi connectivity index (χ1v) is 11.8. The van der Waals surface area contributed by atoms with Gasteiger partial charge in [-0.3, -0.25) is 9.88 Å². The Hall–Kier alpha value is -2.39. The number of hydrogen-bond donors (Lipinski definition) is 1. The van der Waals surface area contributed by atoms with E-state index in [0.717, 1.165) is 60.4 Å². The number of anilines is 1. The van der Waals surface area contributed by atoms with Gasteiger partial charge in [0.1, 0.15) is 16.5 Å². The second-order valence-corrected chi connectivity index (χ2v) is 9.11. The van der Waals surface area contributed by atoms with E-state index in [1.54, 1.807) is 22.7 Å². The summed E-state index contributed by atoms with van der Waals surface area (Å²) < 4.78 is 5.48. The molecule has 0 spiro atoms. The van der Waals surface area contributed by atoms with Crippen molar-refractivity contribution in [2.24, 2.45) is 0 Å². The molecule has 1 fully saturated rings. The molecule has 0 aromatic carbocycles. The van der Waals surface area contributed by atoms with E-state index in [1.807, 2.05) is 24.4 Å². The predicted molar refractivity (Wildman–Crippen MR) is 123 cm³/mol. The van der Waals surface area contributed by atoms with Crippen LogP contribution >= 0.6 is 22.7 Å². The van der Waals surface area contributed by atoms with E-state index in [2.05, 4.69) is 45.0 Å². The zero-order valence-electron chi connectivity index (χ0n) is 16.7. The van der Waals surface area contributed by atoms with E-state index < -0.39 is 0 Å². The van der Waals surface area contributed by atoms with Crippen molar-refractivity contribution in [3.63, 3.8) is 0 Å². The first kappa shape index (κ1) is 19.6. The number of nitrogens with one attached hydrogen (secondary N) is 1. The molecule has 0 saturated carbocycles. The van der Waals surface area contributed by atoms with Gasteiger partial charge in [-0.25, -0.2) is 9.97 Å². The van der Waals surface area contributed by atoms with Crippen molar-refractivity contribution in [3.8, 4) is 10.4 Å². The highest BCUT2D eigenvalue weighted by atomic mass is 32.1. The number of ether oxygens (including phenoxy) is 1. The molecule has 5 rings (SSSR count). The molecule has 1 saturated heterocycles. The Bertz CT molecular complexity index is 1110. The highest BCUT2D eigenvalue weighted by molar-refractivity contribution is 7.18. The average Bonchev–Trinajstić information content (AvgIpc) is 3.45. The summed E-state index contributed by atoms with van der Waals surface area (Å²) in [4.78, 5) is 19.0. The van der Waals surface area contributed by atoms with Gasteiger partial charge in [-0.05, 0) is 30.5 Å². The third-order valence-electron chi connectivity index (χ3n) is 5.22. The smallest absolute Gasteiger partial charge is 0.146 e. The first-order chi connectivity index (χ1) is 14.8. The van der Waals surface area contributed by atoms with Gasteiger partial charge in [0.25, 0.3) is 0 Å². The van der Waals surface area contributed by atoms with E-state index in [0.29, 0.717) is 0 Å². The molecular weight excluding hydrogens is 414 g/mol. The number of fused-ring (bicyclic) bond motifs is 1. The van der Waals surface area contributed by atoms with Crippen LogP contribution in [0.1, 0.15) is 24.5 Å². The fourth-order valence-electron chi connectivity index (χ4n) is 3.64. The summed E-state index contributed by atoms with van der Waals surface area (Å²) in [6, 6.07) is 10.3. The molecule has 6 nitrogen and oxygen atoms in total. The Kier molecular flexibility index (Phi) is 5.72. The molecule has 1 aliphatic heterocycles. The molecule has 5 heterocycles. The van der Waals surface area contributed by atoms with Crippen molar-refractivity contribution in [2.45, 2.75) is 19.5 Å². The molecule has 0 bridgehead atoms. The van der Waals surface area contributed by atoms with Crippen LogP contribution in [0.4, 0.5) is 5.82 Å². The Morgan fingerprint density at radius 1 is 1.13 bits per heavy atom. The monoisotopic (exact) mass is 437 g/mol. The van der Waals surface area contributed by atoms with Gasteiger partial charge in [0.05, 0.1) is 36.9 Å². The Morgan fingerprint density at radius 3 is 2.80 bits per heavy atom. The maximum Gasteiger partial charge on any atom is 0.146 e. The van der Waals surface area contributed by atoms with Crippen LogP contribution in [0.2, 0.25) is 0 Å². The van der Waals surface area contributed by atoms with Crippen LogP contribution in [0, 0.1) is 0 Å². The zero-order chi connectivity index (χ0) is 20.3. The van der Waals surface area contributed by atoms with Crippen LogP contribution in [0.5, 0.6) is 0 Å². The Balaban J connectivity index is 1.54. The minimum absolute atomic E-state index is 0.0385. The number of pyridine rings is 1. The van der Waals surface area contributed by atoms with E-state index >= 15 is 0 Å². The summed E-state index contributed by atoms with van der Waals surface area (Å²) in [5, 5.41) is 9.02. The standard InChI is InChI=1S/C22H23N5OS2/c1-15(17-5-2-3-7-23-17)24-21-20-16(18-6-4-12-29-18)14-30-22(20)26-19(25-21)13-27-8-10-28-11-9-27/h2-7,12,14-15H,8-11,13H2,1H3,(H,24,25,26)/t15-/m0/s1. The second-order valence-electron chi connectivity index (χ2n) is 7.30. The lowest BCUT2D eigenvalue weighted by atomic mass is 10.1. The van der Waals surface area contributed by atoms with Crippen molar-refractivity contribution >= 4 is 38.7 Å². The maximum absolute atomic E-state index is 5.48. The predicted octanol–water partition coefficient (Wildman–Crippen LogP) is 4.82. The van der Waals surface area contributed by atoms with E-state index in [-0.39, 0.29) is 6.04 Å². The molecular formula is C22H23N5OS2. The Labute approximate surface area is 183 Å². The van der Waals surface area contributed by atoms with Gasteiger partial charge in [0.2, 0.25) is 0 Å². The maximum atomic E-state index is 5.48. The van der Waals surface area contributed by atoms with Gasteiger partial charge in [-0.1, -0.05) is 12.1 Å². The van der Waals surface area contributed by atoms with Gasteiger partial charge in [0, 0.05) is 35.1 Å². The molecule has 4 aromatic rings. The molecule has 0 unspecified atom stereocenters. The molecule has 1 atom stereocenters. The summed E-state index contributed by atoms with van der Waals surface area (Å²) >= 11 is 3.42. The average molecular weight is 438 g/mol. The number of morpholine rings is 1. The van der Waals surface area contributed by atoms with Crippen LogP contribution in [-0.4, -0.2) is 46.2 Å². The lowest BCUT2D eigenvalue weighted by Crippen LogP contribution is -2.36. The van der Waals surface area contributed by atoms with Crippen molar-refractivity contribution in [1.82, 2.24) is 19.9 Å². The summed E-state index contributed by atoms with van der Waals surface area (Å²) in [5.74, 6) is 1.73. The number of aromatic nitrogens is 3. The molecule has 1 aliphatic rings. The van der Waals surface area contributed by atoms with Gasteiger partial charge >= 0.3 is 0 Å². The molecule has 1 N–H and O–H groups in total. The molecule has 154 valence electrons. The van der Waals surface area contributed by atoms with E-state index in [9.17, 15) is 0 Å². The van der Waals surface area contributed by atoms with Crippen LogP contribution in [0.15, 0.2) is 47.3 Å².